The highest BCUT2D eigenvalue weighted by Crippen LogP contribution is 2.12. The molecular formula is C12H17BrN2O. The van der Waals surface area contributed by atoms with Gasteiger partial charge in [-0.05, 0) is 40.9 Å². The van der Waals surface area contributed by atoms with Crippen LogP contribution < -0.4 is 0 Å². The van der Waals surface area contributed by atoms with Gasteiger partial charge in [-0.25, -0.2) is 4.98 Å². The fraction of sp³-hybridized carbons (Fsp3) is 0.500. The monoisotopic (exact) mass is 284 g/mol. The van der Waals surface area contributed by atoms with E-state index in [-0.39, 0.29) is 11.9 Å². The van der Waals surface area contributed by atoms with Crippen molar-refractivity contribution in [1.29, 1.82) is 0 Å². The molecule has 1 heterocycles. The highest BCUT2D eigenvalue weighted by molar-refractivity contribution is 9.10. The van der Waals surface area contributed by atoms with Gasteiger partial charge >= 0.3 is 0 Å². The molecule has 0 saturated carbocycles. The molecule has 0 bridgehead atoms. The van der Waals surface area contributed by atoms with Gasteiger partial charge in [-0.3, -0.25) is 4.79 Å². The average Bonchev–Trinajstić information content (AvgIpc) is 2.29. The Kier molecular flexibility index (Phi) is 4.93. The van der Waals surface area contributed by atoms with E-state index in [9.17, 15) is 4.79 Å². The maximum Gasteiger partial charge on any atom is 0.272 e. The third-order valence-corrected chi connectivity index (χ3v) is 3.19. The third kappa shape index (κ3) is 3.04. The molecule has 0 aromatic carbocycles. The van der Waals surface area contributed by atoms with Crippen LogP contribution in [0.15, 0.2) is 22.8 Å². The number of hydrogen-bond donors (Lipinski definition) is 0. The Morgan fingerprint density at radius 1 is 1.44 bits per heavy atom. The first-order valence-electron chi connectivity index (χ1n) is 5.49. The minimum absolute atomic E-state index is 0.0185. The SMILES string of the molecule is CCC(CC)N(C)C(=O)c1cccc(Br)n1. The second-order valence-corrected chi connectivity index (χ2v) is 4.54. The number of nitrogens with zero attached hydrogens (tertiary/aromatic N) is 2. The van der Waals surface area contributed by atoms with Gasteiger partial charge in [0, 0.05) is 13.1 Å². The zero-order valence-electron chi connectivity index (χ0n) is 9.90. The van der Waals surface area contributed by atoms with Crippen LogP contribution in [0.3, 0.4) is 0 Å². The molecule has 3 nitrogen and oxygen atoms in total. The lowest BCUT2D eigenvalue weighted by molar-refractivity contribution is 0.0717. The van der Waals surface area contributed by atoms with Crippen molar-refractivity contribution in [2.24, 2.45) is 0 Å². The molecule has 0 radical (unpaired) electrons. The molecule has 0 atom stereocenters. The molecule has 0 unspecified atom stereocenters. The van der Waals surface area contributed by atoms with Gasteiger partial charge in [0.2, 0.25) is 0 Å². The van der Waals surface area contributed by atoms with Gasteiger partial charge in [0.25, 0.3) is 5.91 Å². The molecule has 1 aromatic rings. The lowest BCUT2D eigenvalue weighted by Crippen LogP contribution is -2.36. The van der Waals surface area contributed by atoms with E-state index in [1.54, 1.807) is 11.0 Å². The molecule has 0 saturated heterocycles. The van der Waals surface area contributed by atoms with Gasteiger partial charge in [0.15, 0.2) is 0 Å². The van der Waals surface area contributed by atoms with Gasteiger partial charge in [0.05, 0.1) is 0 Å². The number of hydrogen-bond acceptors (Lipinski definition) is 2. The zero-order valence-corrected chi connectivity index (χ0v) is 11.5. The largest absolute Gasteiger partial charge is 0.337 e. The molecule has 0 spiro atoms. The van der Waals surface area contributed by atoms with Crippen LogP contribution in [0.1, 0.15) is 37.2 Å². The summed E-state index contributed by atoms with van der Waals surface area (Å²) in [5, 5.41) is 0. The van der Waals surface area contributed by atoms with Gasteiger partial charge in [-0.15, -0.1) is 0 Å². The van der Waals surface area contributed by atoms with E-state index in [4.69, 9.17) is 0 Å². The molecular weight excluding hydrogens is 268 g/mol. The summed E-state index contributed by atoms with van der Waals surface area (Å²) in [6, 6.07) is 5.67. The van der Waals surface area contributed by atoms with Gasteiger partial charge in [-0.1, -0.05) is 19.9 Å². The number of amides is 1. The summed E-state index contributed by atoms with van der Waals surface area (Å²) in [6.07, 6.45) is 1.93. The molecule has 1 aromatic heterocycles. The highest BCUT2D eigenvalue weighted by atomic mass is 79.9. The van der Waals surface area contributed by atoms with Crippen molar-refractivity contribution in [2.45, 2.75) is 32.7 Å². The summed E-state index contributed by atoms with van der Waals surface area (Å²) in [6.45, 7) is 4.18. The van der Waals surface area contributed by atoms with E-state index >= 15 is 0 Å². The summed E-state index contributed by atoms with van der Waals surface area (Å²) in [7, 11) is 1.84. The minimum Gasteiger partial charge on any atom is -0.337 e. The van der Waals surface area contributed by atoms with Crippen LogP contribution in [-0.2, 0) is 0 Å². The van der Waals surface area contributed by atoms with Gasteiger partial charge in [-0.2, -0.15) is 0 Å². The predicted octanol–water partition coefficient (Wildman–Crippen LogP) is 3.10. The Labute approximate surface area is 105 Å². The number of carbonyl (C=O) groups excluding carboxylic acids is 1. The molecule has 1 rings (SSSR count). The first-order chi connectivity index (χ1) is 7.60. The molecule has 1 amide bonds. The van der Waals surface area contributed by atoms with E-state index < -0.39 is 0 Å². The number of rotatable bonds is 4. The Morgan fingerprint density at radius 3 is 2.56 bits per heavy atom. The normalized spacial score (nSPS) is 10.6. The minimum atomic E-state index is -0.0185. The maximum absolute atomic E-state index is 12.1. The van der Waals surface area contributed by atoms with Gasteiger partial charge in [0.1, 0.15) is 10.3 Å². The van der Waals surface area contributed by atoms with Crippen molar-refractivity contribution in [2.75, 3.05) is 7.05 Å². The van der Waals surface area contributed by atoms with Crippen LogP contribution in [0.25, 0.3) is 0 Å². The van der Waals surface area contributed by atoms with Crippen molar-refractivity contribution < 1.29 is 4.79 Å². The number of aromatic nitrogens is 1. The number of carbonyl (C=O) groups is 1. The van der Waals surface area contributed by atoms with E-state index in [2.05, 4.69) is 34.8 Å². The van der Waals surface area contributed by atoms with E-state index in [1.807, 2.05) is 19.2 Å². The Morgan fingerprint density at radius 2 is 2.06 bits per heavy atom. The Balaban J connectivity index is 2.85. The molecule has 0 aliphatic carbocycles. The Hall–Kier alpha value is -0.900. The Bertz CT molecular complexity index is 364. The van der Waals surface area contributed by atoms with Crippen LogP contribution in [0.5, 0.6) is 0 Å². The lowest BCUT2D eigenvalue weighted by atomic mass is 10.1. The molecule has 88 valence electrons. The van der Waals surface area contributed by atoms with Crippen LogP contribution in [-0.4, -0.2) is 28.9 Å². The van der Waals surface area contributed by atoms with Crippen molar-refractivity contribution in [1.82, 2.24) is 9.88 Å². The average molecular weight is 285 g/mol. The summed E-state index contributed by atoms with van der Waals surface area (Å²) >= 11 is 3.27. The summed E-state index contributed by atoms with van der Waals surface area (Å²) in [5.41, 5.74) is 0.490. The van der Waals surface area contributed by atoms with Crippen LogP contribution >= 0.6 is 15.9 Å². The fourth-order valence-electron chi connectivity index (χ4n) is 1.71. The second-order valence-electron chi connectivity index (χ2n) is 3.73. The smallest absolute Gasteiger partial charge is 0.272 e. The van der Waals surface area contributed by atoms with E-state index in [1.165, 1.54) is 0 Å². The van der Waals surface area contributed by atoms with E-state index in [0.29, 0.717) is 10.3 Å². The zero-order chi connectivity index (χ0) is 12.1. The number of pyridine rings is 1. The molecule has 0 N–H and O–H groups in total. The van der Waals surface area contributed by atoms with Crippen molar-refractivity contribution in [3.05, 3.63) is 28.5 Å². The molecule has 16 heavy (non-hydrogen) atoms. The topological polar surface area (TPSA) is 33.2 Å². The summed E-state index contributed by atoms with van der Waals surface area (Å²) < 4.78 is 0.691. The first-order valence-corrected chi connectivity index (χ1v) is 6.29. The van der Waals surface area contributed by atoms with Crippen LogP contribution in [0.2, 0.25) is 0 Å². The highest BCUT2D eigenvalue weighted by Gasteiger charge is 2.19. The maximum atomic E-state index is 12.1. The van der Waals surface area contributed by atoms with Crippen LogP contribution in [0.4, 0.5) is 0 Å². The third-order valence-electron chi connectivity index (χ3n) is 2.74. The second kappa shape index (κ2) is 5.99. The molecule has 0 aliphatic heterocycles. The van der Waals surface area contributed by atoms with Crippen LogP contribution in [0, 0.1) is 0 Å². The summed E-state index contributed by atoms with van der Waals surface area (Å²) in [5.74, 6) is -0.0185. The van der Waals surface area contributed by atoms with E-state index in [0.717, 1.165) is 12.8 Å². The lowest BCUT2D eigenvalue weighted by Gasteiger charge is -2.25. The summed E-state index contributed by atoms with van der Waals surface area (Å²) in [4.78, 5) is 18.0. The quantitative estimate of drug-likeness (QED) is 0.796. The van der Waals surface area contributed by atoms with Crippen molar-refractivity contribution in [3.63, 3.8) is 0 Å². The standard InChI is InChI=1S/C12H17BrN2O/c1-4-9(5-2)15(3)12(16)10-7-6-8-11(13)14-10/h6-9H,4-5H2,1-3H3. The van der Waals surface area contributed by atoms with Gasteiger partial charge < -0.3 is 4.90 Å². The fourth-order valence-corrected chi connectivity index (χ4v) is 2.05. The molecule has 4 heteroatoms. The molecule has 0 aliphatic rings. The predicted molar refractivity (Wildman–Crippen MR) is 68.4 cm³/mol. The van der Waals surface area contributed by atoms with Crippen molar-refractivity contribution in [3.8, 4) is 0 Å². The molecule has 0 fully saturated rings. The first kappa shape index (κ1) is 13.2. The number of halogens is 1. The van der Waals surface area contributed by atoms with Crippen molar-refractivity contribution >= 4 is 21.8 Å².